The minimum Gasteiger partial charge on any atom is -0.493 e. The minimum atomic E-state index is 0.135. The van der Waals surface area contributed by atoms with Crippen molar-refractivity contribution in [2.24, 2.45) is 4.99 Å². The Hall–Kier alpha value is -2.24. The van der Waals surface area contributed by atoms with E-state index in [0.29, 0.717) is 13.0 Å². The summed E-state index contributed by atoms with van der Waals surface area (Å²) in [5, 5.41) is 9.57. The van der Waals surface area contributed by atoms with E-state index in [-0.39, 0.29) is 11.9 Å². The molecule has 0 spiro atoms. The van der Waals surface area contributed by atoms with Crippen LogP contribution in [0.25, 0.3) is 0 Å². The van der Waals surface area contributed by atoms with Gasteiger partial charge in [-0.05, 0) is 37.0 Å². The average Bonchev–Trinajstić information content (AvgIpc) is 3.05. The van der Waals surface area contributed by atoms with E-state index in [1.54, 1.807) is 0 Å². The van der Waals surface area contributed by atoms with Crippen LogP contribution in [0.5, 0.6) is 5.75 Å². The first-order valence-electron chi connectivity index (χ1n) is 8.80. The molecule has 0 aromatic heterocycles. The van der Waals surface area contributed by atoms with Crippen molar-refractivity contribution in [3.05, 3.63) is 29.3 Å². The number of aliphatic imine (C=N–C) groups is 1. The van der Waals surface area contributed by atoms with Gasteiger partial charge in [-0.2, -0.15) is 0 Å². The fourth-order valence-corrected chi connectivity index (χ4v) is 3.06. The summed E-state index contributed by atoms with van der Waals surface area (Å²) in [5.41, 5.74) is 2.60. The van der Waals surface area contributed by atoms with Crippen molar-refractivity contribution >= 4 is 11.9 Å². The van der Waals surface area contributed by atoms with Crippen molar-refractivity contribution in [2.75, 3.05) is 26.2 Å². The molecule has 1 unspecified atom stereocenters. The zero-order valence-corrected chi connectivity index (χ0v) is 14.2. The number of hydrogen-bond acceptors (Lipinski definition) is 3. The molecule has 1 amide bonds. The summed E-state index contributed by atoms with van der Waals surface area (Å²) in [4.78, 5) is 15.9. The topological polar surface area (TPSA) is 74.8 Å². The molecule has 0 bridgehead atoms. The molecule has 0 saturated carbocycles. The molecule has 0 radical (unpaired) electrons. The highest BCUT2D eigenvalue weighted by Gasteiger charge is 2.18. The number of nitrogens with one attached hydrogen (secondary N) is 3. The van der Waals surface area contributed by atoms with Crippen LogP contribution >= 0.6 is 0 Å². The van der Waals surface area contributed by atoms with E-state index < -0.39 is 0 Å². The molecule has 1 atom stereocenters. The molecule has 1 aromatic rings. The third kappa shape index (κ3) is 4.40. The molecular weight excluding hydrogens is 304 g/mol. The van der Waals surface area contributed by atoms with Gasteiger partial charge in [0.2, 0.25) is 5.91 Å². The molecule has 1 saturated heterocycles. The van der Waals surface area contributed by atoms with Crippen LogP contribution in [0.4, 0.5) is 0 Å². The van der Waals surface area contributed by atoms with Gasteiger partial charge in [-0.25, -0.2) is 0 Å². The largest absolute Gasteiger partial charge is 0.493 e. The van der Waals surface area contributed by atoms with Crippen molar-refractivity contribution in [1.82, 2.24) is 16.0 Å². The summed E-state index contributed by atoms with van der Waals surface area (Å²) >= 11 is 0. The quantitative estimate of drug-likeness (QED) is 0.556. The number of ether oxygens (including phenoxy) is 1. The lowest BCUT2D eigenvalue weighted by Crippen LogP contribution is -2.51. The monoisotopic (exact) mass is 330 g/mol. The molecule has 1 aromatic carbocycles. The van der Waals surface area contributed by atoms with E-state index >= 15 is 0 Å². The number of piperidine rings is 1. The molecule has 130 valence electrons. The van der Waals surface area contributed by atoms with Crippen molar-refractivity contribution < 1.29 is 9.53 Å². The average molecular weight is 330 g/mol. The highest BCUT2D eigenvalue weighted by atomic mass is 16.5. The standard InChI is InChI=1S/C18H26N4O2/c1-2-19-18(22-15-4-6-17(23)21-12-15)20-9-7-13-3-5-16-14(11-13)8-10-24-16/h3,5,11,15H,2,4,6-10,12H2,1H3,(H,21,23)(H2,19,20,22). The zero-order chi connectivity index (χ0) is 16.8. The molecule has 3 N–H and O–H groups in total. The Morgan fingerprint density at radius 1 is 1.42 bits per heavy atom. The van der Waals surface area contributed by atoms with Gasteiger partial charge < -0.3 is 20.7 Å². The van der Waals surface area contributed by atoms with Crippen molar-refractivity contribution in [2.45, 2.75) is 38.6 Å². The number of carbonyl (C=O) groups is 1. The van der Waals surface area contributed by atoms with Gasteiger partial charge in [0.1, 0.15) is 5.75 Å². The number of hydrogen-bond donors (Lipinski definition) is 3. The Balaban J connectivity index is 1.52. The summed E-state index contributed by atoms with van der Waals surface area (Å²) in [5.74, 6) is 1.98. The maximum absolute atomic E-state index is 11.2. The van der Waals surface area contributed by atoms with Crippen molar-refractivity contribution in [3.8, 4) is 5.75 Å². The molecule has 2 aliphatic heterocycles. The second kappa shape index (κ2) is 8.04. The van der Waals surface area contributed by atoms with Crippen LogP contribution in [0, 0.1) is 0 Å². The number of benzene rings is 1. The first kappa shape index (κ1) is 16.6. The number of nitrogens with zero attached hydrogens (tertiary/aromatic N) is 1. The number of carbonyl (C=O) groups excluding carboxylic acids is 1. The lowest BCUT2D eigenvalue weighted by Gasteiger charge is -2.25. The SMILES string of the molecule is CCNC(=NCCc1ccc2c(c1)CCO2)NC1CCC(=O)NC1. The van der Waals surface area contributed by atoms with Crippen LogP contribution in [-0.4, -0.2) is 44.1 Å². The van der Waals surface area contributed by atoms with Crippen LogP contribution in [0.2, 0.25) is 0 Å². The van der Waals surface area contributed by atoms with E-state index in [9.17, 15) is 4.79 Å². The molecule has 24 heavy (non-hydrogen) atoms. The number of fused-ring (bicyclic) bond motifs is 1. The molecular formula is C18H26N4O2. The van der Waals surface area contributed by atoms with E-state index in [1.165, 1.54) is 11.1 Å². The van der Waals surface area contributed by atoms with Crippen LogP contribution in [0.3, 0.4) is 0 Å². The Morgan fingerprint density at radius 3 is 3.12 bits per heavy atom. The van der Waals surface area contributed by atoms with E-state index in [0.717, 1.165) is 50.7 Å². The van der Waals surface area contributed by atoms with Crippen LogP contribution in [0.15, 0.2) is 23.2 Å². The van der Waals surface area contributed by atoms with Gasteiger partial charge in [0.15, 0.2) is 5.96 Å². The second-order valence-corrected chi connectivity index (χ2v) is 6.24. The fraction of sp³-hybridized carbons (Fsp3) is 0.556. The summed E-state index contributed by atoms with van der Waals surface area (Å²) in [6.07, 6.45) is 3.34. The lowest BCUT2D eigenvalue weighted by molar-refractivity contribution is -0.122. The molecule has 1 fully saturated rings. The highest BCUT2D eigenvalue weighted by Crippen LogP contribution is 2.25. The zero-order valence-electron chi connectivity index (χ0n) is 14.2. The maximum atomic E-state index is 11.2. The summed E-state index contributed by atoms with van der Waals surface area (Å²) in [7, 11) is 0. The Morgan fingerprint density at radius 2 is 2.33 bits per heavy atom. The molecule has 0 aliphatic carbocycles. The second-order valence-electron chi connectivity index (χ2n) is 6.24. The van der Waals surface area contributed by atoms with Gasteiger partial charge in [-0.1, -0.05) is 12.1 Å². The summed E-state index contributed by atoms with van der Waals surface area (Å²) in [6, 6.07) is 6.67. The third-order valence-electron chi connectivity index (χ3n) is 4.37. The first-order chi connectivity index (χ1) is 11.7. The van der Waals surface area contributed by atoms with Gasteiger partial charge in [-0.15, -0.1) is 0 Å². The van der Waals surface area contributed by atoms with Gasteiger partial charge in [0, 0.05) is 38.5 Å². The Labute approximate surface area is 143 Å². The number of rotatable bonds is 5. The Kier molecular flexibility index (Phi) is 5.56. The van der Waals surface area contributed by atoms with Gasteiger partial charge in [0.25, 0.3) is 0 Å². The predicted molar refractivity (Wildman–Crippen MR) is 94.5 cm³/mol. The normalized spacial score (nSPS) is 20.1. The minimum absolute atomic E-state index is 0.135. The lowest BCUT2D eigenvalue weighted by atomic mass is 10.1. The van der Waals surface area contributed by atoms with Crippen LogP contribution < -0.4 is 20.7 Å². The maximum Gasteiger partial charge on any atom is 0.220 e. The molecule has 2 heterocycles. The van der Waals surface area contributed by atoms with E-state index in [2.05, 4.69) is 46.1 Å². The molecule has 6 nitrogen and oxygen atoms in total. The smallest absolute Gasteiger partial charge is 0.220 e. The number of amides is 1. The van der Waals surface area contributed by atoms with Gasteiger partial charge in [0.05, 0.1) is 6.61 Å². The summed E-state index contributed by atoms with van der Waals surface area (Å²) < 4.78 is 5.54. The van der Waals surface area contributed by atoms with Gasteiger partial charge >= 0.3 is 0 Å². The highest BCUT2D eigenvalue weighted by molar-refractivity contribution is 5.81. The molecule has 6 heteroatoms. The van der Waals surface area contributed by atoms with Crippen LogP contribution in [-0.2, 0) is 17.6 Å². The fourth-order valence-electron chi connectivity index (χ4n) is 3.06. The number of guanidine groups is 1. The van der Waals surface area contributed by atoms with Crippen molar-refractivity contribution in [1.29, 1.82) is 0 Å². The summed E-state index contributed by atoms with van der Waals surface area (Å²) in [6.45, 7) is 5.06. The van der Waals surface area contributed by atoms with E-state index in [4.69, 9.17) is 4.74 Å². The predicted octanol–water partition coefficient (Wildman–Crippen LogP) is 0.998. The van der Waals surface area contributed by atoms with Crippen LogP contribution in [0.1, 0.15) is 30.9 Å². The van der Waals surface area contributed by atoms with E-state index in [1.807, 2.05) is 0 Å². The molecule has 2 aliphatic rings. The molecule has 3 rings (SSSR count). The van der Waals surface area contributed by atoms with Crippen molar-refractivity contribution in [3.63, 3.8) is 0 Å². The van der Waals surface area contributed by atoms with Gasteiger partial charge in [-0.3, -0.25) is 9.79 Å². The third-order valence-corrected chi connectivity index (χ3v) is 4.37. The Bertz CT molecular complexity index is 605. The first-order valence-corrected chi connectivity index (χ1v) is 8.80.